The van der Waals surface area contributed by atoms with E-state index in [1.54, 1.807) is 0 Å². The molecule has 0 spiro atoms. The molecule has 1 aromatic heterocycles. The Hall–Kier alpha value is -2.67. The van der Waals surface area contributed by atoms with Gasteiger partial charge in [-0.3, -0.25) is 0 Å². The van der Waals surface area contributed by atoms with E-state index >= 15 is 0 Å². The fraction of sp³-hybridized carbons (Fsp3) is 0.353. The van der Waals surface area contributed by atoms with Crippen LogP contribution in [0.5, 0.6) is 0 Å². The minimum absolute atomic E-state index is 0.163. The standard InChI is InChI=1S/C17H22N6O/c1-3-19-17(24)21-12-6-4-11(5-7-12)16-22-14-10(2)20-9-8-13(14)15(18)23-16/h4-7,10,20H,3,8-9H2,1-2H3,(H2,18,22,23)(H2,19,21,24). The van der Waals surface area contributed by atoms with Gasteiger partial charge < -0.3 is 21.7 Å². The molecule has 1 atom stereocenters. The highest BCUT2D eigenvalue weighted by molar-refractivity contribution is 5.89. The Labute approximate surface area is 141 Å². The van der Waals surface area contributed by atoms with Crippen LogP contribution in [0, 0.1) is 0 Å². The zero-order chi connectivity index (χ0) is 17.1. The molecule has 7 nitrogen and oxygen atoms in total. The van der Waals surface area contributed by atoms with Crippen molar-refractivity contribution in [2.45, 2.75) is 26.3 Å². The summed E-state index contributed by atoms with van der Waals surface area (Å²) in [5.74, 6) is 1.15. The van der Waals surface area contributed by atoms with E-state index in [9.17, 15) is 4.79 Å². The molecule has 0 aliphatic carbocycles. The topological polar surface area (TPSA) is 105 Å². The Morgan fingerprint density at radius 1 is 1.33 bits per heavy atom. The van der Waals surface area contributed by atoms with E-state index < -0.39 is 0 Å². The summed E-state index contributed by atoms with van der Waals surface area (Å²) in [4.78, 5) is 20.7. The van der Waals surface area contributed by atoms with E-state index in [0.717, 1.165) is 29.8 Å². The van der Waals surface area contributed by atoms with Gasteiger partial charge in [-0.15, -0.1) is 0 Å². The monoisotopic (exact) mass is 326 g/mol. The first-order valence-electron chi connectivity index (χ1n) is 8.13. The van der Waals surface area contributed by atoms with Gasteiger partial charge in [-0.1, -0.05) is 0 Å². The van der Waals surface area contributed by atoms with Crippen LogP contribution in [0.3, 0.4) is 0 Å². The Balaban J connectivity index is 1.85. The van der Waals surface area contributed by atoms with Gasteiger partial charge in [-0.25, -0.2) is 14.8 Å². The smallest absolute Gasteiger partial charge is 0.319 e. The average molecular weight is 326 g/mol. The first-order chi connectivity index (χ1) is 11.6. The molecule has 2 aromatic rings. The lowest BCUT2D eigenvalue weighted by Gasteiger charge is -2.24. The molecule has 7 heteroatoms. The summed E-state index contributed by atoms with van der Waals surface area (Å²) in [5, 5.41) is 8.84. The predicted molar refractivity (Wildman–Crippen MR) is 94.7 cm³/mol. The fourth-order valence-electron chi connectivity index (χ4n) is 2.81. The minimum atomic E-state index is -0.223. The van der Waals surface area contributed by atoms with Gasteiger partial charge in [-0.05, 0) is 51.1 Å². The molecule has 1 aromatic carbocycles. The van der Waals surface area contributed by atoms with Crippen molar-refractivity contribution in [2.24, 2.45) is 0 Å². The molecule has 24 heavy (non-hydrogen) atoms. The number of carbonyl (C=O) groups is 1. The van der Waals surface area contributed by atoms with Crippen LogP contribution in [-0.2, 0) is 6.42 Å². The van der Waals surface area contributed by atoms with E-state index in [1.807, 2.05) is 31.2 Å². The summed E-state index contributed by atoms with van der Waals surface area (Å²) in [6.07, 6.45) is 0.848. The maximum atomic E-state index is 11.5. The number of nitrogens with one attached hydrogen (secondary N) is 3. The van der Waals surface area contributed by atoms with Crippen LogP contribution >= 0.6 is 0 Å². The molecule has 0 saturated heterocycles. The number of hydrogen-bond donors (Lipinski definition) is 4. The van der Waals surface area contributed by atoms with Crippen molar-refractivity contribution < 1.29 is 4.79 Å². The van der Waals surface area contributed by atoms with Gasteiger partial charge >= 0.3 is 6.03 Å². The SMILES string of the molecule is CCNC(=O)Nc1ccc(-c2nc(N)c3c(n2)C(C)NCC3)cc1. The number of aromatic nitrogens is 2. The number of nitrogen functional groups attached to an aromatic ring is 1. The van der Waals surface area contributed by atoms with Crippen LogP contribution in [0.4, 0.5) is 16.3 Å². The minimum Gasteiger partial charge on any atom is -0.383 e. The van der Waals surface area contributed by atoms with Crippen molar-refractivity contribution in [1.82, 2.24) is 20.6 Å². The van der Waals surface area contributed by atoms with E-state index in [0.29, 0.717) is 23.9 Å². The maximum absolute atomic E-state index is 11.5. The summed E-state index contributed by atoms with van der Waals surface area (Å²) >= 11 is 0. The van der Waals surface area contributed by atoms with E-state index in [2.05, 4.69) is 27.9 Å². The highest BCUT2D eigenvalue weighted by atomic mass is 16.2. The third-order valence-corrected chi connectivity index (χ3v) is 4.05. The van der Waals surface area contributed by atoms with Crippen molar-refractivity contribution in [3.8, 4) is 11.4 Å². The van der Waals surface area contributed by atoms with Crippen molar-refractivity contribution >= 4 is 17.5 Å². The zero-order valence-electron chi connectivity index (χ0n) is 13.9. The van der Waals surface area contributed by atoms with E-state index in [-0.39, 0.29) is 12.1 Å². The molecule has 0 fully saturated rings. The van der Waals surface area contributed by atoms with Gasteiger partial charge in [0.1, 0.15) is 5.82 Å². The molecule has 0 radical (unpaired) electrons. The molecule has 2 heterocycles. The molecule has 5 N–H and O–H groups in total. The number of hydrogen-bond acceptors (Lipinski definition) is 5. The number of nitrogens with zero attached hydrogens (tertiary/aromatic N) is 2. The van der Waals surface area contributed by atoms with Crippen LogP contribution < -0.4 is 21.7 Å². The number of urea groups is 1. The number of benzene rings is 1. The van der Waals surface area contributed by atoms with Gasteiger partial charge in [0.15, 0.2) is 5.82 Å². The largest absolute Gasteiger partial charge is 0.383 e. The van der Waals surface area contributed by atoms with Crippen LogP contribution in [0.15, 0.2) is 24.3 Å². The second-order valence-electron chi connectivity index (χ2n) is 5.78. The van der Waals surface area contributed by atoms with Crippen molar-refractivity contribution in [1.29, 1.82) is 0 Å². The van der Waals surface area contributed by atoms with Crippen molar-refractivity contribution in [3.63, 3.8) is 0 Å². The highest BCUT2D eigenvalue weighted by Crippen LogP contribution is 2.28. The molecule has 1 aliphatic heterocycles. The molecule has 1 unspecified atom stereocenters. The quantitative estimate of drug-likeness (QED) is 0.691. The second kappa shape index (κ2) is 6.84. The molecule has 2 amide bonds. The Kier molecular flexibility index (Phi) is 4.61. The van der Waals surface area contributed by atoms with Crippen LogP contribution in [-0.4, -0.2) is 29.1 Å². The molecule has 1 aliphatic rings. The van der Waals surface area contributed by atoms with E-state index in [4.69, 9.17) is 10.7 Å². The maximum Gasteiger partial charge on any atom is 0.319 e. The number of fused-ring (bicyclic) bond motifs is 1. The summed E-state index contributed by atoms with van der Waals surface area (Å²) < 4.78 is 0. The van der Waals surface area contributed by atoms with Gasteiger partial charge in [0, 0.05) is 29.4 Å². The second-order valence-corrected chi connectivity index (χ2v) is 5.78. The number of nitrogens with two attached hydrogens (primary N) is 1. The summed E-state index contributed by atoms with van der Waals surface area (Å²) in [6.45, 7) is 5.42. The van der Waals surface area contributed by atoms with Crippen molar-refractivity contribution in [3.05, 3.63) is 35.5 Å². The normalized spacial score (nSPS) is 16.3. The average Bonchev–Trinajstić information content (AvgIpc) is 2.56. The van der Waals surface area contributed by atoms with Gasteiger partial charge in [-0.2, -0.15) is 0 Å². The number of anilines is 2. The lowest BCUT2D eigenvalue weighted by Crippen LogP contribution is -2.30. The first-order valence-corrected chi connectivity index (χ1v) is 8.13. The van der Waals surface area contributed by atoms with Gasteiger partial charge in [0.25, 0.3) is 0 Å². The third-order valence-electron chi connectivity index (χ3n) is 4.05. The van der Waals surface area contributed by atoms with E-state index in [1.165, 1.54) is 0 Å². The molecule has 0 bridgehead atoms. The lowest BCUT2D eigenvalue weighted by molar-refractivity contribution is 0.252. The Bertz CT molecular complexity index is 743. The molecule has 3 rings (SSSR count). The van der Waals surface area contributed by atoms with Gasteiger partial charge in [0.2, 0.25) is 0 Å². The number of amides is 2. The first kappa shape index (κ1) is 16.2. The summed E-state index contributed by atoms with van der Waals surface area (Å²) in [7, 11) is 0. The number of carbonyl (C=O) groups excluding carboxylic acids is 1. The lowest BCUT2D eigenvalue weighted by atomic mass is 10.0. The van der Waals surface area contributed by atoms with Crippen LogP contribution in [0.25, 0.3) is 11.4 Å². The zero-order valence-corrected chi connectivity index (χ0v) is 13.9. The molecule has 126 valence electrons. The third kappa shape index (κ3) is 3.30. The fourth-order valence-corrected chi connectivity index (χ4v) is 2.81. The molecule has 0 saturated carbocycles. The van der Waals surface area contributed by atoms with Crippen molar-refractivity contribution in [2.75, 3.05) is 24.1 Å². The summed E-state index contributed by atoms with van der Waals surface area (Å²) in [6, 6.07) is 7.35. The highest BCUT2D eigenvalue weighted by Gasteiger charge is 2.21. The Morgan fingerprint density at radius 3 is 2.79 bits per heavy atom. The van der Waals surface area contributed by atoms with Crippen LogP contribution in [0.2, 0.25) is 0 Å². The summed E-state index contributed by atoms with van der Waals surface area (Å²) in [5.41, 5.74) is 9.71. The molecular formula is C17H22N6O. The Morgan fingerprint density at radius 2 is 2.08 bits per heavy atom. The number of rotatable bonds is 3. The predicted octanol–water partition coefficient (Wildman–Crippen LogP) is 2.07. The van der Waals surface area contributed by atoms with Gasteiger partial charge in [0.05, 0.1) is 5.69 Å². The van der Waals surface area contributed by atoms with Crippen LogP contribution in [0.1, 0.15) is 31.1 Å². The molecular weight excluding hydrogens is 304 g/mol.